The Hall–Kier alpha value is -3.88. The number of likely N-dealkylation sites (N-methyl/N-ethyl adjacent to an activating group) is 1. The molecule has 0 heterocycles. The van der Waals surface area contributed by atoms with E-state index >= 15 is 0 Å². The Labute approximate surface area is 248 Å². The van der Waals surface area contributed by atoms with Crippen molar-refractivity contribution in [3.63, 3.8) is 0 Å². The lowest BCUT2D eigenvalue weighted by Crippen LogP contribution is -2.77. The lowest BCUT2D eigenvalue weighted by molar-refractivity contribution is -0.195. The number of nitrogens with two attached hydrogens (primary N) is 1. The van der Waals surface area contributed by atoms with E-state index in [2.05, 4.69) is 5.32 Å². The van der Waals surface area contributed by atoms with Crippen LogP contribution in [0.5, 0.6) is 5.75 Å². The van der Waals surface area contributed by atoms with Gasteiger partial charge in [0, 0.05) is 25.7 Å². The Bertz CT molecular complexity index is 1430. The second-order valence-corrected chi connectivity index (χ2v) is 13.2. The average Bonchev–Trinajstić information content (AvgIpc) is 2.88. The van der Waals surface area contributed by atoms with Crippen molar-refractivity contribution in [1.82, 2.24) is 4.90 Å². The lowest BCUT2D eigenvalue weighted by Gasteiger charge is -2.54. The van der Waals surface area contributed by atoms with Crippen molar-refractivity contribution >= 4 is 46.5 Å². The standard InChI is InChI=1S/C29H38N4O10/c1-28(2,3)10-43-27(41)31-13-9-14(32(4)5)11-8-12-16(22(36)15(11)21(13)35)24(38)29(42)18(20(12)34)19(33(6)7)23(37)17(25(29)39)26(30)40/h9,12,16-20,34-35,42H,8,10H2,1-7H3,(H2,30,40)(H,31,41)/t12-,16?,17?,18-,19+,20+,29+/m1/s1. The van der Waals surface area contributed by atoms with Crippen LogP contribution in [0, 0.1) is 29.1 Å². The monoisotopic (exact) mass is 602 g/mol. The molecule has 234 valence electrons. The maximum atomic E-state index is 14.1. The SMILES string of the molecule is CN(C)c1cc(NC(=O)OCC(C)(C)C)c(O)c2c1C[C@@H]1C(C2=O)C(=O)[C@]2(O)C(=O)C(C(N)=O)C(=O)[C@@H](N(C)C)[C@@H]2[C@H]1O. The number of primary amides is 1. The number of anilines is 2. The number of ketones is 4. The number of fused-ring (bicyclic) bond motifs is 3. The molecule has 3 aliphatic carbocycles. The molecule has 1 aromatic rings. The molecule has 2 fully saturated rings. The van der Waals surface area contributed by atoms with Gasteiger partial charge in [-0.15, -0.1) is 0 Å². The molecule has 0 spiro atoms. The molecule has 2 unspecified atom stereocenters. The first-order chi connectivity index (χ1) is 19.7. The normalized spacial score (nSPS) is 30.4. The quantitative estimate of drug-likeness (QED) is 0.213. The number of carbonyl (C=O) groups is 6. The number of carbonyl (C=O) groups excluding carboxylic acids is 6. The summed E-state index contributed by atoms with van der Waals surface area (Å²) < 4.78 is 5.22. The summed E-state index contributed by atoms with van der Waals surface area (Å²) in [6.07, 6.45) is -2.80. The van der Waals surface area contributed by atoms with Gasteiger partial charge in [-0.2, -0.15) is 0 Å². The Morgan fingerprint density at radius 3 is 2.23 bits per heavy atom. The summed E-state index contributed by atoms with van der Waals surface area (Å²) in [4.78, 5) is 82.4. The third-order valence-electron chi connectivity index (χ3n) is 8.48. The molecule has 0 aromatic heterocycles. The number of hydrogen-bond donors (Lipinski definition) is 5. The van der Waals surface area contributed by atoms with Gasteiger partial charge in [-0.3, -0.25) is 34.2 Å². The second kappa shape index (κ2) is 10.7. The van der Waals surface area contributed by atoms with Gasteiger partial charge in [0.15, 0.2) is 34.7 Å². The van der Waals surface area contributed by atoms with Gasteiger partial charge in [-0.05, 0) is 37.6 Å². The van der Waals surface area contributed by atoms with E-state index in [1.807, 2.05) is 20.8 Å². The van der Waals surface area contributed by atoms with E-state index in [0.717, 1.165) is 0 Å². The van der Waals surface area contributed by atoms with Gasteiger partial charge in [0.25, 0.3) is 0 Å². The number of amides is 2. The fraction of sp³-hybridized carbons (Fsp3) is 0.586. The van der Waals surface area contributed by atoms with Crippen molar-refractivity contribution in [2.45, 2.75) is 44.9 Å². The van der Waals surface area contributed by atoms with E-state index in [1.54, 1.807) is 19.0 Å². The Kier molecular flexibility index (Phi) is 7.96. The highest BCUT2D eigenvalue weighted by atomic mass is 16.5. The third kappa shape index (κ3) is 4.96. The zero-order chi connectivity index (χ0) is 32.5. The van der Waals surface area contributed by atoms with Gasteiger partial charge in [0.1, 0.15) is 5.75 Å². The number of nitrogens with one attached hydrogen (secondary N) is 1. The highest BCUT2D eigenvalue weighted by Gasteiger charge is 2.72. The fourth-order valence-corrected chi connectivity index (χ4v) is 6.59. The van der Waals surface area contributed by atoms with Crippen LogP contribution in [-0.4, -0.2) is 108 Å². The smallest absolute Gasteiger partial charge is 0.411 e. The molecule has 2 saturated carbocycles. The van der Waals surface area contributed by atoms with E-state index in [1.165, 1.54) is 25.1 Å². The molecule has 43 heavy (non-hydrogen) atoms. The zero-order valence-corrected chi connectivity index (χ0v) is 25.1. The molecule has 3 aliphatic rings. The van der Waals surface area contributed by atoms with Crippen molar-refractivity contribution in [3.8, 4) is 5.75 Å². The highest BCUT2D eigenvalue weighted by Crippen LogP contribution is 2.52. The molecule has 0 aliphatic heterocycles. The van der Waals surface area contributed by atoms with Gasteiger partial charge >= 0.3 is 6.09 Å². The summed E-state index contributed by atoms with van der Waals surface area (Å²) >= 11 is 0. The average molecular weight is 603 g/mol. The summed E-state index contributed by atoms with van der Waals surface area (Å²) in [5.74, 6) is -13.7. The molecule has 0 radical (unpaired) electrons. The van der Waals surface area contributed by atoms with Crippen LogP contribution < -0.4 is 16.0 Å². The minimum Gasteiger partial charge on any atom is -0.505 e. The molecule has 14 nitrogen and oxygen atoms in total. The Morgan fingerprint density at radius 2 is 1.72 bits per heavy atom. The number of phenolic OH excluding ortho intramolecular Hbond substituents is 1. The summed E-state index contributed by atoms with van der Waals surface area (Å²) in [6.45, 7) is 5.60. The first kappa shape index (κ1) is 32.0. The van der Waals surface area contributed by atoms with Crippen LogP contribution in [0.25, 0.3) is 0 Å². The van der Waals surface area contributed by atoms with Crippen LogP contribution >= 0.6 is 0 Å². The number of aliphatic hydroxyl groups is 2. The number of rotatable bonds is 5. The van der Waals surface area contributed by atoms with Gasteiger partial charge in [0.05, 0.1) is 41.8 Å². The lowest BCUT2D eigenvalue weighted by atomic mass is 9.51. The molecular weight excluding hydrogens is 564 g/mol. The minimum atomic E-state index is -3.09. The van der Waals surface area contributed by atoms with Gasteiger partial charge < -0.3 is 30.7 Å². The molecule has 14 heteroatoms. The summed E-state index contributed by atoms with van der Waals surface area (Å²) in [6, 6.07) is -0.0367. The number of benzene rings is 1. The number of hydrogen-bond acceptors (Lipinski definition) is 12. The van der Waals surface area contributed by atoms with E-state index in [4.69, 9.17) is 10.5 Å². The number of ether oxygens (including phenoxy) is 1. The predicted octanol–water partition coefficient (Wildman–Crippen LogP) is -0.502. The van der Waals surface area contributed by atoms with Crippen LogP contribution in [0.1, 0.15) is 36.7 Å². The predicted molar refractivity (Wildman–Crippen MR) is 152 cm³/mol. The zero-order valence-electron chi connectivity index (χ0n) is 25.1. The molecule has 1 aromatic carbocycles. The van der Waals surface area contributed by atoms with Crippen LogP contribution in [-0.2, 0) is 30.3 Å². The second-order valence-electron chi connectivity index (χ2n) is 13.2. The largest absolute Gasteiger partial charge is 0.505 e. The molecular formula is C29H38N4O10. The van der Waals surface area contributed by atoms with E-state index in [-0.39, 0.29) is 35.3 Å². The molecule has 6 N–H and O–H groups in total. The van der Waals surface area contributed by atoms with Gasteiger partial charge in [-0.1, -0.05) is 20.8 Å². The topological polar surface area (TPSA) is 217 Å². The molecule has 0 saturated heterocycles. The first-order valence-electron chi connectivity index (χ1n) is 13.8. The van der Waals surface area contributed by atoms with Crippen molar-refractivity contribution in [3.05, 3.63) is 17.2 Å². The van der Waals surface area contributed by atoms with Crippen molar-refractivity contribution in [2.75, 3.05) is 45.0 Å². The molecule has 7 atom stereocenters. The maximum absolute atomic E-state index is 14.1. The number of nitrogens with zero attached hydrogens (tertiary/aromatic N) is 2. The molecule has 4 rings (SSSR count). The van der Waals surface area contributed by atoms with E-state index in [9.17, 15) is 44.1 Å². The van der Waals surface area contributed by atoms with Crippen molar-refractivity contribution in [1.29, 1.82) is 0 Å². The summed E-state index contributed by atoms with van der Waals surface area (Å²) in [5, 5.41) is 37.0. The van der Waals surface area contributed by atoms with E-state index < -0.39 is 82.3 Å². The minimum absolute atomic E-state index is 0.0523. The number of aromatic hydroxyl groups is 1. The highest BCUT2D eigenvalue weighted by molar-refractivity contribution is 6.32. The maximum Gasteiger partial charge on any atom is 0.411 e. The van der Waals surface area contributed by atoms with Crippen LogP contribution in [0.3, 0.4) is 0 Å². The summed E-state index contributed by atoms with van der Waals surface area (Å²) in [5.41, 5.74) is 1.99. The summed E-state index contributed by atoms with van der Waals surface area (Å²) in [7, 11) is 6.14. The van der Waals surface area contributed by atoms with E-state index in [0.29, 0.717) is 5.69 Å². The molecule has 2 amide bonds. The Balaban J connectivity index is 1.85. The van der Waals surface area contributed by atoms with Crippen molar-refractivity contribution < 1.29 is 48.8 Å². The fourth-order valence-electron chi connectivity index (χ4n) is 6.59. The Morgan fingerprint density at radius 1 is 1.12 bits per heavy atom. The van der Waals surface area contributed by atoms with Crippen LogP contribution in [0.2, 0.25) is 0 Å². The number of Topliss-reactive ketones (excluding diaryl/α,β-unsaturated/α-hetero) is 4. The van der Waals surface area contributed by atoms with Gasteiger partial charge in [-0.25, -0.2) is 4.79 Å². The van der Waals surface area contributed by atoms with Crippen LogP contribution in [0.4, 0.5) is 16.2 Å². The molecule has 0 bridgehead atoms. The number of aliphatic hydroxyl groups excluding tert-OH is 1. The number of phenols is 1. The third-order valence-corrected chi connectivity index (χ3v) is 8.48. The van der Waals surface area contributed by atoms with Gasteiger partial charge in [0.2, 0.25) is 5.91 Å². The first-order valence-corrected chi connectivity index (χ1v) is 13.8. The van der Waals surface area contributed by atoms with Crippen molar-refractivity contribution in [2.24, 2.45) is 34.8 Å². The van der Waals surface area contributed by atoms with Crippen LogP contribution in [0.15, 0.2) is 6.07 Å².